The number of hydrogen-bond donors (Lipinski definition) is 0. The van der Waals surface area contributed by atoms with Gasteiger partial charge in [-0.25, -0.2) is 4.79 Å². The third kappa shape index (κ3) is 4.50. The van der Waals surface area contributed by atoms with Crippen LogP contribution in [0.25, 0.3) is 21.8 Å². The predicted molar refractivity (Wildman–Crippen MR) is 142 cm³/mol. The molecule has 0 saturated carbocycles. The summed E-state index contributed by atoms with van der Waals surface area (Å²) in [5, 5.41) is 5.96. The second-order valence-electron chi connectivity index (χ2n) is 8.94. The van der Waals surface area contributed by atoms with Gasteiger partial charge in [0.1, 0.15) is 0 Å². The zero-order valence-electron chi connectivity index (χ0n) is 20.8. The van der Waals surface area contributed by atoms with Crippen molar-refractivity contribution in [3.05, 3.63) is 77.4 Å². The first-order valence-electron chi connectivity index (χ1n) is 12.2. The van der Waals surface area contributed by atoms with Crippen molar-refractivity contribution in [2.24, 2.45) is 5.16 Å². The van der Waals surface area contributed by atoms with Crippen LogP contribution in [-0.2, 0) is 20.9 Å². The Labute approximate surface area is 209 Å². The Morgan fingerprint density at radius 1 is 0.861 bits per heavy atom. The number of aromatic nitrogens is 1. The van der Waals surface area contributed by atoms with E-state index in [2.05, 4.69) is 21.5 Å². The molecule has 0 amide bonds. The number of ether oxygens (including phenoxy) is 1. The van der Waals surface area contributed by atoms with Crippen LogP contribution in [0.4, 0.5) is 5.69 Å². The molecule has 0 spiro atoms. The predicted octanol–water partition coefficient (Wildman–Crippen LogP) is 5.17. The average molecular weight is 484 g/mol. The summed E-state index contributed by atoms with van der Waals surface area (Å²) in [4.78, 5) is 31.7. The van der Waals surface area contributed by atoms with E-state index >= 15 is 0 Å². The Bertz CT molecular complexity index is 1480. The molecule has 2 heterocycles. The van der Waals surface area contributed by atoms with Crippen molar-refractivity contribution in [1.29, 1.82) is 0 Å². The summed E-state index contributed by atoms with van der Waals surface area (Å²) in [5.41, 5.74) is 6.03. The van der Waals surface area contributed by atoms with Crippen molar-refractivity contribution in [2.75, 3.05) is 31.2 Å². The first-order valence-corrected chi connectivity index (χ1v) is 12.2. The minimum Gasteiger partial charge on any atom is -0.378 e. The maximum atomic E-state index is 13.4. The number of benzene rings is 3. The van der Waals surface area contributed by atoms with Gasteiger partial charge < -0.3 is 19.0 Å². The number of carbonyl (C=O) groups excluding carboxylic acids is 2. The van der Waals surface area contributed by atoms with E-state index in [-0.39, 0.29) is 5.78 Å². The summed E-state index contributed by atoms with van der Waals surface area (Å²) in [6.45, 7) is 9.20. The number of aryl methyl sites for hydroxylation is 1. The van der Waals surface area contributed by atoms with E-state index in [0.29, 0.717) is 16.8 Å². The topological polar surface area (TPSA) is 73.1 Å². The quantitative estimate of drug-likeness (QED) is 0.164. The highest BCUT2D eigenvalue weighted by Crippen LogP contribution is 2.31. The van der Waals surface area contributed by atoms with Crippen LogP contribution in [0.1, 0.15) is 42.3 Å². The van der Waals surface area contributed by atoms with Crippen molar-refractivity contribution in [1.82, 2.24) is 4.57 Å². The molecular weight excluding hydrogens is 454 g/mol. The monoisotopic (exact) mass is 483 g/mol. The Kier molecular flexibility index (Phi) is 6.57. The van der Waals surface area contributed by atoms with Crippen LogP contribution in [0.5, 0.6) is 0 Å². The first kappa shape index (κ1) is 23.8. The second kappa shape index (κ2) is 9.95. The average Bonchev–Trinajstić information content (AvgIpc) is 3.24. The van der Waals surface area contributed by atoms with E-state index in [1.54, 1.807) is 6.92 Å². The van der Waals surface area contributed by atoms with Crippen LogP contribution >= 0.6 is 0 Å². The molecule has 4 aromatic rings. The highest BCUT2D eigenvalue weighted by Gasteiger charge is 2.17. The molecule has 5 rings (SSSR count). The molecule has 0 bridgehead atoms. The van der Waals surface area contributed by atoms with Gasteiger partial charge in [0.05, 0.1) is 18.9 Å². The zero-order valence-corrected chi connectivity index (χ0v) is 20.8. The molecule has 7 nitrogen and oxygen atoms in total. The molecular formula is C29H29N3O4. The molecule has 0 radical (unpaired) electrons. The van der Waals surface area contributed by atoms with Crippen molar-refractivity contribution >= 4 is 45.0 Å². The van der Waals surface area contributed by atoms with Crippen LogP contribution in [0.2, 0.25) is 0 Å². The fourth-order valence-electron chi connectivity index (χ4n) is 4.81. The lowest BCUT2D eigenvalue weighted by atomic mass is 10.00. The number of oxime groups is 1. The second-order valence-corrected chi connectivity index (χ2v) is 8.94. The summed E-state index contributed by atoms with van der Waals surface area (Å²) in [5.74, 6) is -0.467. The normalized spacial score (nSPS) is 14.4. The van der Waals surface area contributed by atoms with Gasteiger partial charge in [-0.3, -0.25) is 4.79 Å². The van der Waals surface area contributed by atoms with Crippen LogP contribution in [0.3, 0.4) is 0 Å². The van der Waals surface area contributed by atoms with Gasteiger partial charge in [-0.15, -0.1) is 0 Å². The number of nitrogens with zero attached hydrogens (tertiary/aromatic N) is 3. The maximum Gasteiger partial charge on any atom is 0.331 e. The molecule has 1 aliphatic rings. The molecule has 0 atom stereocenters. The Morgan fingerprint density at radius 2 is 1.44 bits per heavy atom. The molecule has 1 aromatic heterocycles. The molecule has 184 valence electrons. The Morgan fingerprint density at radius 3 is 2.06 bits per heavy atom. The molecule has 1 aliphatic heterocycles. The lowest BCUT2D eigenvalue weighted by Crippen LogP contribution is -2.36. The lowest BCUT2D eigenvalue weighted by molar-refractivity contribution is -0.140. The van der Waals surface area contributed by atoms with E-state index in [9.17, 15) is 9.59 Å². The summed E-state index contributed by atoms with van der Waals surface area (Å²) in [7, 11) is 0. The smallest absolute Gasteiger partial charge is 0.331 e. The highest BCUT2D eigenvalue weighted by molar-refractivity contribution is 6.16. The fourth-order valence-corrected chi connectivity index (χ4v) is 4.81. The van der Waals surface area contributed by atoms with Crippen LogP contribution in [-0.4, -0.2) is 48.3 Å². The standard InChI is InChI=1S/C29H29N3O4/c1-4-32-27-11-7-22(19(2)30-36-20(3)33)17-25(27)26-18-23(8-12-28(26)32)29(34)21-5-9-24(10-6-21)31-13-15-35-16-14-31/h5-12,17-18H,4,13-16H2,1-3H3/b30-19+. The van der Waals surface area contributed by atoms with E-state index in [1.807, 2.05) is 60.7 Å². The SMILES string of the molecule is CCn1c2ccc(C(=O)c3ccc(N4CCOCC4)cc3)cc2c2cc(/C(C)=N/OC(C)=O)ccc21. The third-order valence-corrected chi connectivity index (χ3v) is 6.68. The summed E-state index contributed by atoms with van der Waals surface area (Å²) >= 11 is 0. The van der Waals surface area contributed by atoms with Crippen molar-refractivity contribution in [2.45, 2.75) is 27.3 Å². The van der Waals surface area contributed by atoms with Gasteiger partial charge in [-0.2, -0.15) is 0 Å². The number of fused-ring (bicyclic) bond motifs is 3. The van der Waals surface area contributed by atoms with Gasteiger partial charge in [0.15, 0.2) is 5.78 Å². The molecule has 36 heavy (non-hydrogen) atoms. The van der Waals surface area contributed by atoms with Gasteiger partial charge in [0.25, 0.3) is 0 Å². The number of morpholine rings is 1. The van der Waals surface area contributed by atoms with Crippen LogP contribution in [0, 0.1) is 0 Å². The summed E-state index contributed by atoms with van der Waals surface area (Å²) in [6, 6.07) is 19.8. The Hall–Kier alpha value is -3.97. The van der Waals surface area contributed by atoms with Crippen molar-refractivity contribution in [3.8, 4) is 0 Å². The van der Waals surface area contributed by atoms with Crippen LogP contribution < -0.4 is 4.90 Å². The summed E-state index contributed by atoms with van der Waals surface area (Å²) < 4.78 is 7.67. The number of carbonyl (C=O) groups is 2. The molecule has 3 aromatic carbocycles. The van der Waals surface area contributed by atoms with Crippen molar-refractivity contribution < 1.29 is 19.2 Å². The summed E-state index contributed by atoms with van der Waals surface area (Å²) in [6.07, 6.45) is 0. The maximum absolute atomic E-state index is 13.4. The molecule has 1 saturated heterocycles. The van der Waals surface area contributed by atoms with Gasteiger partial charge in [-0.05, 0) is 74.0 Å². The number of anilines is 1. The van der Waals surface area contributed by atoms with E-state index < -0.39 is 5.97 Å². The lowest BCUT2D eigenvalue weighted by Gasteiger charge is -2.28. The molecule has 1 fully saturated rings. The molecule has 0 N–H and O–H groups in total. The van der Waals surface area contributed by atoms with E-state index in [1.165, 1.54) is 6.92 Å². The minimum absolute atomic E-state index is 0.00779. The van der Waals surface area contributed by atoms with E-state index in [4.69, 9.17) is 9.57 Å². The number of rotatable bonds is 6. The number of ketones is 1. The highest BCUT2D eigenvalue weighted by atomic mass is 16.7. The zero-order chi connectivity index (χ0) is 25.2. The van der Waals surface area contributed by atoms with Gasteiger partial charge >= 0.3 is 5.97 Å². The van der Waals surface area contributed by atoms with Crippen molar-refractivity contribution in [3.63, 3.8) is 0 Å². The molecule has 7 heteroatoms. The van der Waals surface area contributed by atoms with Crippen LogP contribution in [0.15, 0.2) is 65.8 Å². The Balaban J connectivity index is 1.51. The fraction of sp³-hybridized carbons (Fsp3) is 0.276. The number of hydrogen-bond acceptors (Lipinski definition) is 6. The van der Waals surface area contributed by atoms with Gasteiger partial charge in [0, 0.05) is 65.2 Å². The third-order valence-electron chi connectivity index (χ3n) is 6.68. The first-order chi connectivity index (χ1) is 17.5. The molecule has 0 aliphatic carbocycles. The van der Waals surface area contributed by atoms with Gasteiger partial charge in [-0.1, -0.05) is 11.2 Å². The largest absolute Gasteiger partial charge is 0.378 e. The minimum atomic E-state index is -0.459. The van der Waals surface area contributed by atoms with Gasteiger partial charge in [0.2, 0.25) is 0 Å². The van der Waals surface area contributed by atoms with E-state index in [0.717, 1.165) is 65.9 Å². The molecule has 0 unspecified atom stereocenters.